The van der Waals surface area contributed by atoms with Gasteiger partial charge in [-0.3, -0.25) is 10.1 Å². The number of nitrogens with one attached hydrogen (secondary N) is 1. The van der Waals surface area contributed by atoms with Crippen LogP contribution in [0.3, 0.4) is 0 Å². The van der Waals surface area contributed by atoms with Crippen LogP contribution in [0.25, 0.3) is 10.2 Å². The van der Waals surface area contributed by atoms with E-state index in [0.29, 0.717) is 10.7 Å². The quantitative estimate of drug-likeness (QED) is 0.688. The molecular weight excluding hydrogens is 312 g/mol. The number of amides is 1. The minimum Gasteiger partial charge on any atom is -0.298 e. The van der Waals surface area contributed by atoms with Crippen LogP contribution in [0.2, 0.25) is 0 Å². The smallest absolute Gasteiger partial charge is 0.257 e. The van der Waals surface area contributed by atoms with Crippen molar-refractivity contribution in [3.05, 3.63) is 53.6 Å². The summed E-state index contributed by atoms with van der Waals surface area (Å²) in [7, 11) is 0. The van der Waals surface area contributed by atoms with Gasteiger partial charge in [-0.25, -0.2) is 4.98 Å². The van der Waals surface area contributed by atoms with E-state index in [0.717, 1.165) is 20.9 Å². The molecule has 0 radical (unpaired) electrons. The SMILES string of the molecule is CCSc1cccc(C(=O)Nc2nc3ccc(C)cc3s2)c1. The predicted octanol–water partition coefficient (Wildman–Crippen LogP) is 4.97. The first-order valence-electron chi connectivity index (χ1n) is 7.07. The second kappa shape index (κ2) is 6.50. The Kier molecular flexibility index (Phi) is 4.45. The minimum absolute atomic E-state index is 0.116. The average molecular weight is 328 g/mol. The number of thioether (sulfide) groups is 1. The lowest BCUT2D eigenvalue weighted by molar-refractivity contribution is 0.102. The van der Waals surface area contributed by atoms with Crippen LogP contribution in [0, 0.1) is 6.92 Å². The summed E-state index contributed by atoms with van der Waals surface area (Å²) < 4.78 is 1.09. The van der Waals surface area contributed by atoms with Crippen LogP contribution < -0.4 is 5.32 Å². The highest BCUT2D eigenvalue weighted by Gasteiger charge is 2.10. The first-order valence-corrected chi connectivity index (χ1v) is 8.87. The topological polar surface area (TPSA) is 42.0 Å². The Hall–Kier alpha value is -1.85. The fraction of sp³-hybridized carbons (Fsp3) is 0.176. The number of anilines is 1. The Morgan fingerprint density at radius 1 is 1.27 bits per heavy atom. The molecule has 0 aliphatic rings. The maximum atomic E-state index is 12.4. The summed E-state index contributed by atoms with van der Waals surface area (Å²) in [5.41, 5.74) is 2.77. The van der Waals surface area contributed by atoms with E-state index in [1.165, 1.54) is 16.9 Å². The second-order valence-electron chi connectivity index (χ2n) is 4.91. The van der Waals surface area contributed by atoms with Gasteiger partial charge in [-0.15, -0.1) is 11.8 Å². The lowest BCUT2D eigenvalue weighted by Gasteiger charge is -2.04. The van der Waals surface area contributed by atoms with Crippen LogP contribution in [0.15, 0.2) is 47.4 Å². The summed E-state index contributed by atoms with van der Waals surface area (Å²) in [6.07, 6.45) is 0. The molecule has 0 spiro atoms. The molecule has 0 unspecified atom stereocenters. The standard InChI is InChI=1S/C17H16N2OS2/c1-3-21-13-6-4-5-12(10-13)16(20)19-17-18-14-8-7-11(2)9-15(14)22-17/h4-10H,3H2,1-2H3,(H,18,19,20). The van der Waals surface area contributed by atoms with Gasteiger partial charge in [0.05, 0.1) is 10.2 Å². The number of hydrogen-bond acceptors (Lipinski definition) is 4. The molecule has 1 heterocycles. The first-order chi connectivity index (χ1) is 10.7. The Labute approximate surface area is 137 Å². The third-order valence-electron chi connectivity index (χ3n) is 3.17. The Morgan fingerprint density at radius 3 is 2.95 bits per heavy atom. The van der Waals surface area contributed by atoms with Crippen LogP contribution in [-0.4, -0.2) is 16.6 Å². The van der Waals surface area contributed by atoms with Crippen molar-refractivity contribution in [3.63, 3.8) is 0 Å². The molecule has 3 rings (SSSR count). The number of hydrogen-bond donors (Lipinski definition) is 1. The summed E-state index contributed by atoms with van der Waals surface area (Å²) in [5, 5.41) is 3.53. The summed E-state index contributed by atoms with van der Waals surface area (Å²) in [5.74, 6) is 0.872. The normalized spacial score (nSPS) is 10.8. The summed E-state index contributed by atoms with van der Waals surface area (Å²) in [6, 6.07) is 13.8. The van der Waals surface area contributed by atoms with Crippen molar-refractivity contribution in [2.75, 3.05) is 11.1 Å². The van der Waals surface area contributed by atoms with Gasteiger partial charge in [0.2, 0.25) is 0 Å². The van der Waals surface area contributed by atoms with Gasteiger partial charge >= 0.3 is 0 Å². The van der Waals surface area contributed by atoms with E-state index >= 15 is 0 Å². The number of fused-ring (bicyclic) bond motifs is 1. The molecule has 5 heteroatoms. The predicted molar refractivity (Wildman–Crippen MR) is 95.2 cm³/mol. The number of thiazole rings is 1. The molecule has 0 aliphatic carbocycles. The molecule has 0 saturated carbocycles. The van der Waals surface area contributed by atoms with E-state index in [2.05, 4.69) is 23.3 Å². The molecule has 112 valence electrons. The maximum Gasteiger partial charge on any atom is 0.257 e. The summed E-state index contributed by atoms with van der Waals surface area (Å²) >= 11 is 3.23. The summed E-state index contributed by atoms with van der Waals surface area (Å²) in [4.78, 5) is 17.9. The fourth-order valence-corrected chi connectivity index (χ4v) is 3.83. The Morgan fingerprint density at radius 2 is 2.14 bits per heavy atom. The molecule has 22 heavy (non-hydrogen) atoms. The lowest BCUT2D eigenvalue weighted by atomic mass is 10.2. The van der Waals surface area contributed by atoms with Crippen molar-refractivity contribution >= 4 is 44.4 Å². The molecular formula is C17H16N2OS2. The van der Waals surface area contributed by atoms with Gasteiger partial charge in [-0.05, 0) is 48.6 Å². The number of nitrogens with zero attached hydrogens (tertiary/aromatic N) is 1. The number of carbonyl (C=O) groups is 1. The third kappa shape index (κ3) is 3.31. The van der Waals surface area contributed by atoms with Crippen molar-refractivity contribution in [2.45, 2.75) is 18.7 Å². The lowest BCUT2D eigenvalue weighted by Crippen LogP contribution is -2.11. The first kappa shape index (κ1) is 15.1. The largest absolute Gasteiger partial charge is 0.298 e. The van der Waals surface area contributed by atoms with E-state index in [1.54, 1.807) is 11.8 Å². The van der Waals surface area contributed by atoms with E-state index in [9.17, 15) is 4.79 Å². The van der Waals surface area contributed by atoms with E-state index in [4.69, 9.17) is 0 Å². The van der Waals surface area contributed by atoms with E-state index in [1.807, 2.05) is 43.3 Å². The van der Waals surface area contributed by atoms with Crippen molar-refractivity contribution in [1.29, 1.82) is 0 Å². The van der Waals surface area contributed by atoms with Gasteiger partial charge in [-0.1, -0.05) is 30.4 Å². The molecule has 0 atom stereocenters. The molecule has 1 amide bonds. The van der Waals surface area contributed by atoms with E-state index in [-0.39, 0.29) is 5.91 Å². The third-order valence-corrected chi connectivity index (χ3v) is 4.98. The fourth-order valence-electron chi connectivity index (χ4n) is 2.15. The molecule has 2 aromatic carbocycles. The number of carbonyl (C=O) groups excluding carboxylic acids is 1. The summed E-state index contributed by atoms with van der Waals surface area (Å²) in [6.45, 7) is 4.15. The molecule has 1 aromatic heterocycles. The van der Waals surface area contributed by atoms with E-state index < -0.39 is 0 Å². The van der Waals surface area contributed by atoms with Crippen LogP contribution in [0.1, 0.15) is 22.8 Å². The number of aryl methyl sites for hydroxylation is 1. The van der Waals surface area contributed by atoms with Gasteiger partial charge in [-0.2, -0.15) is 0 Å². The van der Waals surface area contributed by atoms with Gasteiger partial charge in [0.15, 0.2) is 5.13 Å². The van der Waals surface area contributed by atoms with Crippen molar-refractivity contribution in [1.82, 2.24) is 4.98 Å². The Balaban J connectivity index is 1.81. The van der Waals surface area contributed by atoms with Crippen molar-refractivity contribution in [3.8, 4) is 0 Å². The van der Waals surface area contributed by atoms with Gasteiger partial charge in [0.1, 0.15) is 0 Å². The minimum atomic E-state index is -0.116. The number of aromatic nitrogens is 1. The van der Waals surface area contributed by atoms with Crippen molar-refractivity contribution in [2.24, 2.45) is 0 Å². The van der Waals surface area contributed by atoms with Crippen LogP contribution in [-0.2, 0) is 0 Å². The van der Waals surface area contributed by atoms with Crippen LogP contribution >= 0.6 is 23.1 Å². The molecule has 1 N–H and O–H groups in total. The average Bonchev–Trinajstić information content (AvgIpc) is 2.89. The zero-order valence-corrected chi connectivity index (χ0v) is 14.1. The monoisotopic (exact) mass is 328 g/mol. The number of benzene rings is 2. The maximum absolute atomic E-state index is 12.4. The molecule has 0 bridgehead atoms. The molecule has 0 saturated heterocycles. The second-order valence-corrected chi connectivity index (χ2v) is 7.27. The molecule has 0 fully saturated rings. The van der Waals surface area contributed by atoms with Crippen molar-refractivity contribution < 1.29 is 4.79 Å². The molecule has 0 aliphatic heterocycles. The molecule has 3 nitrogen and oxygen atoms in total. The van der Waals surface area contributed by atoms with Crippen LogP contribution in [0.5, 0.6) is 0 Å². The highest BCUT2D eigenvalue weighted by atomic mass is 32.2. The molecule has 3 aromatic rings. The Bertz CT molecular complexity index is 826. The highest BCUT2D eigenvalue weighted by molar-refractivity contribution is 7.99. The highest BCUT2D eigenvalue weighted by Crippen LogP contribution is 2.27. The van der Waals surface area contributed by atoms with Gasteiger partial charge in [0, 0.05) is 10.5 Å². The van der Waals surface area contributed by atoms with Gasteiger partial charge in [0.25, 0.3) is 5.91 Å². The zero-order chi connectivity index (χ0) is 15.5. The number of rotatable bonds is 4. The van der Waals surface area contributed by atoms with Gasteiger partial charge < -0.3 is 0 Å². The van der Waals surface area contributed by atoms with Crippen LogP contribution in [0.4, 0.5) is 5.13 Å². The zero-order valence-electron chi connectivity index (χ0n) is 12.4.